The lowest BCUT2D eigenvalue weighted by molar-refractivity contribution is -0.140. The molecule has 0 aromatic carbocycles. The molecule has 0 aliphatic heterocycles. The van der Waals surface area contributed by atoms with E-state index in [2.05, 4.69) is 15.6 Å². The van der Waals surface area contributed by atoms with Crippen molar-refractivity contribution in [1.29, 1.82) is 0 Å². The first kappa shape index (κ1) is 16.4. The van der Waals surface area contributed by atoms with Crippen LogP contribution < -0.4 is 10.6 Å². The number of hydrogen-bond acceptors (Lipinski definition) is 4. The maximum absolute atomic E-state index is 11.6. The summed E-state index contributed by atoms with van der Waals surface area (Å²) >= 11 is 0. The van der Waals surface area contributed by atoms with Crippen molar-refractivity contribution in [2.45, 2.75) is 32.4 Å². The number of nitrogens with one attached hydrogen (secondary N) is 2. The van der Waals surface area contributed by atoms with Crippen molar-refractivity contribution in [2.24, 2.45) is 0 Å². The lowest BCUT2D eigenvalue weighted by atomic mass is 10.1. The van der Waals surface area contributed by atoms with Crippen LogP contribution in [-0.2, 0) is 16.1 Å². The monoisotopic (exact) mass is 295 g/mol. The highest BCUT2D eigenvalue weighted by Gasteiger charge is 2.20. The average Bonchev–Trinajstić information content (AvgIpc) is 2.42. The van der Waals surface area contributed by atoms with E-state index in [4.69, 9.17) is 10.2 Å². The van der Waals surface area contributed by atoms with Gasteiger partial charge in [-0.1, -0.05) is 0 Å². The number of aryl methyl sites for hydroxylation is 1. The number of carbonyl (C=O) groups is 3. The number of aromatic nitrogens is 1. The molecule has 0 fully saturated rings. The van der Waals surface area contributed by atoms with E-state index >= 15 is 0 Å². The van der Waals surface area contributed by atoms with Gasteiger partial charge < -0.3 is 20.8 Å². The predicted octanol–water partition coefficient (Wildman–Crippen LogP) is 0.507. The van der Waals surface area contributed by atoms with Crippen LogP contribution in [0.5, 0.6) is 0 Å². The predicted molar refractivity (Wildman–Crippen MR) is 72.6 cm³/mol. The number of carboxylic acid groups (broad SMARTS) is 2. The molecule has 1 heterocycles. The molecule has 0 radical (unpaired) electrons. The first-order valence-electron chi connectivity index (χ1n) is 6.28. The van der Waals surface area contributed by atoms with E-state index in [0.717, 1.165) is 11.1 Å². The number of nitrogens with zero attached hydrogens (tertiary/aromatic N) is 1. The van der Waals surface area contributed by atoms with Crippen molar-refractivity contribution in [1.82, 2.24) is 15.6 Å². The third-order valence-corrected chi connectivity index (χ3v) is 2.83. The van der Waals surface area contributed by atoms with Gasteiger partial charge in [-0.25, -0.2) is 9.59 Å². The van der Waals surface area contributed by atoms with Gasteiger partial charge in [0.25, 0.3) is 0 Å². The van der Waals surface area contributed by atoms with Gasteiger partial charge in [0, 0.05) is 25.4 Å². The highest BCUT2D eigenvalue weighted by molar-refractivity contribution is 5.83. The van der Waals surface area contributed by atoms with Gasteiger partial charge >= 0.3 is 18.0 Å². The van der Waals surface area contributed by atoms with Gasteiger partial charge in [-0.3, -0.25) is 9.78 Å². The summed E-state index contributed by atoms with van der Waals surface area (Å²) in [5, 5.41) is 22.2. The molecule has 0 aliphatic carbocycles. The molecule has 0 saturated carbocycles. The molecule has 1 rings (SSSR count). The van der Waals surface area contributed by atoms with Crippen LogP contribution in [0.25, 0.3) is 0 Å². The fourth-order valence-corrected chi connectivity index (χ4v) is 1.61. The molecule has 1 aromatic heterocycles. The van der Waals surface area contributed by atoms with Crippen LogP contribution in [0.3, 0.4) is 0 Å². The standard InChI is InChI=1S/C13H17N3O5/c1-8-6-14-5-4-9(8)7-15-13(21)16-10(12(19)20)2-3-11(17)18/h4-6,10H,2-3,7H2,1H3,(H,17,18)(H,19,20)(H2,15,16,21). The van der Waals surface area contributed by atoms with Crippen LogP contribution in [0, 0.1) is 6.92 Å². The first-order chi connectivity index (χ1) is 9.90. The Balaban J connectivity index is 2.49. The molecule has 21 heavy (non-hydrogen) atoms. The number of carboxylic acids is 2. The molecular weight excluding hydrogens is 278 g/mol. The fraction of sp³-hybridized carbons (Fsp3) is 0.385. The van der Waals surface area contributed by atoms with Crippen molar-refractivity contribution in [2.75, 3.05) is 0 Å². The molecule has 1 atom stereocenters. The zero-order valence-corrected chi connectivity index (χ0v) is 11.5. The fourth-order valence-electron chi connectivity index (χ4n) is 1.61. The third kappa shape index (κ3) is 5.89. The summed E-state index contributed by atoms with van der Waals surface area (Å²) in [5.74, 6) is -2.39. The topological polar surface area (TPSA) is 129 Å². The Morgan fingerprint density at radius 3 is 2.62 bits per heavy atom. The van der Waals surface area contributed by atoms with Gasteiger partial charge in [0.05, 0.1) is 0 Å². The average molecular weight is 295 g/mol. The van der Waals surface area contributed by atoms with E-state index in [1.165, 1.54) is 0 Å². The second-order valence-corrected chi connectivity index (χ2v) is 4.45. The minimum Gasteiger partial charge on any atom is -0.481 e. The zero-order valence-electron chi connectivity index (χ0n) is 11.5. The van der Waals surface area contributed by atoms with E-state index in [1.54, 1.807) is 18.5 Å². The Bertz CT molecular complexity index is 532. The number of hydrogen-bond donors (Lipinski definition) is 4. The molecule has 0 bridgehead atoms. The number of carbonyl (C=O) groups excluding carboxylic acids is 1. The summed E-state index contributed by atoms with van der Waals surface area (Å²) in [5.41, 5.74) is 1.76. The molecule has 4 N–H and O–H groups in total. The molecule has 1 aromatic rings. The Morgan fingerprint density at radius 1 is 1.33 bits per heavy atom. The van der Waals surface area contributed by atoms with Gasteiger partial charge in [0.1, 0.15) is 6.04 Å². The maximum atomic E-state index is 11.6. The third-order valence-electron chi connectivity index (χ3n) is 2.83. The minimum absolute atomic E-state index is 0.174. The molecule has 8 heteroatoms. The van der Waals surface area contributed by atoms with E-state index in [0.29, 0.717) is 0 Å². The summed E-state index contributed by atoms with van der Waals surface area (Å²) in [4.78, 5) is 36.9. The molecule has 0 aliphatic rings. The Hall–Kier alpha value is -2.64. The summed E-state index contributed by atoms with van der Waals surface area (Å²) < 4.78 is 0. The van der Waals surface area contributed by atoms with E-state index in [-0.39, 0.29) is 19.4 Å². The Morgan fingerprint density at radius 2 is 2.05 bits per heavy atom. The van der Waals surface area contributed by atoms with Gasteiger partial charge in [-0.05, 0) is 30.5 Å². The Labute approximate surface area is 121 Å². The van der Waals surface area contributed by atoms with Crippen molar-refractivity contribution >= 4 is 18.0 Å². The van der Waals surface area contributed by atoms with Gasteiger partial charge in [-0.2, -0.15) is 0 Å². The Kier molecular flexibility index (Phi) is 6.12. The molecule has 114 valence electrons. The number of urea groups is 1. The summed E-state index contributed by atoms with van der Waals surface area (Å²) in [6.45, 7) is 2.07. The first-order valence-corrected chi connectivity index (χ1v) is 6.28. The highest BCUT2D eigenvalue weighted by atomic mass is 16.4. The van der Waals surface area contributed by atoms with E-state index in [9.17, 15) is 14.4 Å². The number of amides is 2. The second-order valence-electron chi connectivity index (χ2n) is 4.45. The SMILES string of the molecule is Cc1cnccc1CNC(=O)NC(CCC(=O)O)C(=O)O. The van der Waals surface area contributed by atoms with Crippen molar-refractivity contribution in [3.05, 3.63) is 29.6 Å². The van der Waals surface area contributed by atoms with Crippen molar-refractivity contribution in [3.8, 4) is 0 Å². The molecule has 1 unspecified atom stereocenters. The normalized spacial score (nSPS) is 11.5. The van der Waals surface area contributed by atoms with Gasteiger partial charge in [-0.15, -0.1) is 0 Å². The van der Waals surface area contributed by atoms with Crippen LogP contribution in [0.15, 0.2) is 18.5 Å². The molecular formula is C13H17N3O5. The van der Waals surface area contributed by atoms with E-state index < -0.39 is 24.0 Å². The number of rotatable bonds is 7. The number of aliphatic carboxylic acids is 2. The van der Waals surface area contributed by atoms with Crippen LogP contribution in [0.4, 0.5) is 4.79 Å². The minimum atomic E-state index is -1.27. The van der Waals surface area contributed by atoms with Crippen LogP contribution in [-0.4, -0.2) is 39.2 Å². The lowest BCUT2D eigenvalue weighted by Gasteiger charge is -2.14. The smallest absolute Gasteiger partial charge is 0.326 e. The van der Waals surface area contributed by atoms with Crippen LogP contribution in [0.2, 0.25) is 0 Å². The molecule has 0 saturated heterocycles. The molecule has 2 amide bonds. The summed E-state index contributed by atoms with van der Waals surface area (Å²) in [7, 11) is 0. The zero-order chi connectivity index (χ0) is 15.8. The quantitative estimate of drug-likeness (QED) is 0.580. The highest BCUT2D eigenvalue weighted by Crippen LogP contribution is 2.04. The van der Waals surface area contributed by atoms with Gasteiger partial charge in [0.2, 0.25) is 0 Å². The second kappa shape index (κ2) is 7.83. The molecule has 8 nitrogen and oxygen atoms in total. The van der Waals surface area contributed by atoms with Crippen molar-refractivity contribution in [3.63, 3.8) is 0 Å². The summed E-state index contributed by atoms with van der Waals surface area (Å²) in [6.07, 6.45) is 2.74. The molecule has 0 spiro atoms. The summed E-state index contributed by atoms with van der Waals surface area (Å²) in [6, 6.07) is -0.155. The number of pyridine rings is 1. The lowest BCUT2D eigenvalue weighted by Crippen LogP contribution is -2.46. The van der Waals surface area contributed by atoms with Gasteiger partial charge in [0.15, 0.2) is 0 Å². The van der Waals surface area contributed by atoms with Crippen molar-refractivity contribution < 1.29 is 24.6 Å². The van der Waals surface area contributed by atoms with Crippen LogP contribution >= 0.6 is 0 Å². The maximum Gasteiger partial charge on any atom is 0.326 e. The van der Waals surface area contributed by atoms with Crippen LogP contribution in [0.1, 0.15) is 24.0 Å². The van der Waals surface area contributed by atoms with E-state index in [1.807, 2.05) is 6.92 Å². The largest absolute Gasteiger partial charge is 0.481 e.